The van der Waals surface area contributed by atoms with E-state index < -0.39 is 11.2 Å². The van der Waals surface area contributed by atoms with Gasteiger partial charge >= 0.3 is 4.87 Å². The number of benzene rings is 1. The van der Waals surface area contributed by atoms with Crippen molar-refractivity contribution in [3.05, 3.63) is 66.2 Å². The van der Waals surface area contributed by atoms with Crippen LogP contribution in [0.5, 0.6) is 5.88 Å². The minimum Gasteiger partial charge on any atom is -0.493 e. The van der Waals surface area contributed by atoms with E-state index >= 15 is 0 Å². The van der Waals surface area contributed by atoms with Crippen LogP contribution >= 0.6 is 39.0 Å². The number of hydrogen-bond acceptors (Lipinski definition) is 9. The van der Waals surface area contributed by atoms with Gasteiger partial charge < -0.3 is 14.8 Å². The first-order valence-electron chi connectivity index (χ1n) is 9.31. The number of H-pyrrole nitrogens is 1. The zero-order valence-electron chi connectivity index (χ0n) is 16.5. The molecule has 0 aliphatic carbocycles. The van der Waals surface area contributed by atoms with E-state index in [0.29, 0.717) is 21.4 Å². The number of furan rings is 1. The Kier molecular flexibility index (Phi) is 7.01. The van der Waals surface area contributed by atoms with E-state index in [1.165, 1.54) is 12.3 Å². The first-order valence-corrected chi connectivity index (χ1v) is 11.8. The van der Waals surface area contributed by atoms with Crippen LogP contribution in [0.1, 0.15) is 11.3 Å². The average molecular weight is 548 g/mol. The van der Waals surface area contributed by atoms with Gasteiger partial charge in [0.05, 0.1) is 11.1 Å². The number of thioether (sulfide) groups is 1. The molecule has 3 aromatic rings. The summed E-state index contributed by atoms with van der Waals surface area (Å²) >= 11 is 5.24. The number of aliphatic imine (C=N–C) groups is 1. The molecule has 1 aliphatic rings. The summed E-state index contributed by atoms with van der Waals surface area (Å²) in [6.45, 7) is 0. The molecule has 13 heteroatoms. The molecule has 1 atom stereocenters. The van der Waals surface area contributed by atoms with Crippen molar-refractivity contribution in [2.45, 2.75) is 11.7 Å². The van der Waals surface area contributed by atoms with Crippen molar-refractivity contribution >= 4 is 74.0 Å². The molecule has 2 aromatic heterocycles. The number of rotatable bonds is 5. The summed E-state index contributed by atoms with van der Waals surface area (Å²) in [7, 11) is 0. The molecule has 0 bridgehead atoms. The van der Waals surface area contributed by atoms with Gasteiger partial charge in [0.2, 0.25) is 17.0 Å². The molecule has 10 nitrogen and oxygen atoms in total. The van der Waals surface area contributed by atoms with Gasteiger partial charge in [-0.25, -0.2) is 0 Å². The van der Waals surface area contributed by atoms with E-state index in [1.807, 2.05) is 0 Å². The third kappa shape index (κ3) is 6.15. The number of aromatic amines is 1. The number of halogens is 1. The van der Waals surface area contributed by atoms with Crippen LogP contribution in [-0.4, -0.2) is 32.3 Å². The third-order valence-electron chi connectivity index (χ3n) is 4.13. The van der Waals surface area contributed by atoms with Crippen molar-refractivity contribution in [3.63, 3.8) is 0 Å². The van der Waals surface area contributed by atoms with Gasteiger partial charge in [-0.2, -0.15) is 10.1 Å². The number of aromatic hydroxyl groups is 1. The van der Waals surface area contributed by atoms with Gasteiger partial charge in [0.25, 0.3) is 5.91 Å². The maximum absolute atomic E-state index is 12.2. The fraction of sp³-hybridized carbons (Fsp3) is 0.100. The second-order valence-corrected chi connectivity index (χ2v) is 9.66. The largest absolute Gasteiger partial charge is 0.493 e. The third-order valence-corrected chi connectivity index (χ3v) is 6.52. The Morgan fingerprint density at radius 3 is 2.73 bits per heavy atom. The Balaban J connectivity index is 1.35. The summed E-state index contributed by atoms with van der Waals surface area (Å²) in [6.07, 6.45) is 2.80. The highest BCUT2D eigenvalue weighted by molar-refractivity contribution is 9.10. The maximum Gasteiger partial charge on any atom is 0.307 e. The average Bonchev–Trinajstić information content (AvgIpc) is 3.44. The molecule has 3 N–H and O–H groups in total. The molecule has 0 spiro atoms. The van der Waals surface area contributed by atoms with Crippen LogP contribution < -0.4 is 21.0 Å². The Morgan fingerprint density at radius 1 is 1.24 bits per heavy atom. The number of thiazole rings is 1. The van der Waals surface area contributed by atoms with Gasteiger partial charge in [0, 0.05) is 22.7 Å². The van der Waals surface area contributed by atoms with Crippen molar-refractivity contribution < 1.29 is 19.1 Å². The quantitative estimate of drug-likeness (QED) is 0.417. The maximum atomic E-state index is 12.2. The molecule has 3 heterocycles. The summed E-state index contributed by atoms with van der Waals surface area (Å²) in [5.41, 5.74) is 1.40. The molecule has 1 aromatic carbocycles. The van der Waals surface area contributed by atoms with Crippen LogP contribution in [0, 0.1) is 0 Å². The van der Waals surface area contributed by atoms with Crippen molar-refractivity contribution in [2.75, 3.05) is 5.32 Å². The topological polar surface area (TPSA) is 149 Å². The predicted molar refractivity (Wildman–Crippen MR) is 129 cm³/mol. The number of carbonyl (C=O) groups is 2. The van der Waals surface area contributed by atoms with Crippen molar-refractivity contribution in [2.24, 2.45) is 15.2 Å². The lowest BCUT2D eigenvalue weighted by molar-refractivity contribution is -0.121. The minimum absolute atomic E-state index is 0.0404. The molecule has 2 amide bonds. The van der Waals surface area contributed by atoms with Crippen molar-refractivity contribution in [1.82, 2.24) is 4.98 Å². The zero-order valence-corrected chi connectivity index (χ0v) is 19.7. The van der Waals surface area contributed by atoms with Crippen LogP contribution in [0.3, 0.4) is 0 Å². The van der Waals surface area contributed by atoms with Gasteiger partial charge in [0.1, 0.15) is 16.1 Å². The Hall–Kier alpha value is -3.29. The number of anilines is 1. The number of amidine groups is 1. The van der Waals surface area contributed by atoms with Crippen molar-refractivity contribution in [3.8, 4) is 5.88 Å². The number of hydrogen-bond donors (Lipinski definition) is 3. The monoisotopic (exact) mass is 547 g/mol. The van der Waals surface area contributed by atoms with Gasteiger partial charge in [-0.15, -0.1) is 5.11 Å². The SMILES string of the molecule is O=C(CC1SC(N=NC=c2ccc(=Cc3sc(=O)[nH]c3O)o2)=NC1=O)Nc1ccc(Br)cc1. The van der Waals surface area contributed by atoms with Gasteiger partial charge in [-0.3, -0.25) is 19.4 Å². The molecule has 0 saturated heterocycles. The second kappa shape index (κ2) is 10.1. The van der Waals surface area contributed by atoms with Gasteiger partial charge in [-0.1, -0.05) is 39.0 Å². The normalized spacial score (nSPS) is 17.2. The summed E-state index contributed by atoms with van der Waals surface area (Å²) < 4.78 is 6.41. The predicted octanol–water partition coefficient (Wildman–Crippen LogP) is 2.54. The molecule has 0 saturated carbocycles. The Bertz CT molecular complexity index is 1440. The Labute approximate surface area is 202 Å². The molecule has 1 unspecified atom stereocenters. The van der Waals surface area contributed by atoms with E-state index in [2.05, 4.69) is 41.5 Å². The number of amides is 2. The molecule has 0 fully saturated rings. The molecule has 0 radical (unpaired) electrons. The lowest BCUT2D eigenvalue weighted by Gasteiger charge is -2.07. The summed E-state index contributed by atoms with van der Waals surface area (Å²) in [6, 6.07) is 10.4. The van der Waals surface area contributed by atoms with E-state index in [0.717, 1.165) is 27.6 Å². The van der Waals surface area contributed by atoms with Crippen LogP contribution in [0.25, 0.3) is 12.3 Å². The molecule has 1 aliphatic heterocycles. The number of nitrogens with one attached hydrogen (secondary N) is 2. The summed E-state index contributed by atoms with van der Waals surface area (Å²) in [5.74, 6) is -0.978. The standard InChI is InChI=1S/C20H14BrN5O5S2/c21-10-1-3-11(4-2-10)23-16(27)8-15-17(28)24-19(32-15)26-22-9-13-6-5-12(31-13)7-14-18(29)25-20(30)33-14/h1-7,9,15,29H,8H2,(H,23,27)(H,25,30). The highest BCUT2D eigenvalue weighted by Crippen LogP contribution is 2.26. The first kappa shape index (κ1) is 22.9. The lowest BCUT2D eigenvalue weighted by atomic mass is 10.2. The van der Waals surface area contributed by atoms with Gasteiger partial charge in [-0.05, 0) is 36.4 Å². The number of aromatic nitrogens is 1. The fourth-order valence-corrected chi connectivity index (χ4v) is 4.48. The number of carbonyl (C=O) groups excluding carboxylic acids is 2. The minimum atomic E-state index is -0.666. The van der Waals surface area contributed by atoms with E-state index in [4.69, 9.17) is 4.42 Å². The summed E-state index contributed by atoms with van der Waals surface area (Å²) in [5, 5.41) is 19.6. The van der Waals surface area contributed by atoms with E-state index in [-0.39, 0.29) is 28.2 Å². The van der Waals surface area contributed by atoms with E-state index in [1.54, 1.807) is 36.4 Å². The van der Waals surface area contributed by atoms with Crippen LogP contribution in [-0.2, 0) is 9.59 Å². The number of nitrogens with zero attached hydrogens (tertiary/aromatic N) is 3. The molecular weight excluding hydrogens is 534 g/mol. The van der Waals surface area contributed by atoms with Crippen LogP contribution in [0.2, 0.25) is 0 Å². The van der Waals surface area contributed by atoms with Crippen LogP contribution in [0.4, 0.5) is 5.69 Å². The lowest BCUT2D eigenvalue weighted by Crippen LogP contribution is -2.21. The summed E-state index contributed by atoms with van der Waals surface area (Å²) in [4.78, 5) is 41.6. The highest BCUT2D eigenvalue weighted by atomic mass is 79.9. The van der Waals surface area contributed by atoms with Crippen LogP contribution in [0.15, 0.2) is 65.3 Å². The second-order valence-electron chi connectivity index (χ2n) is 6.55. The number of azo groups is 1. The van der Waals surface area contributed by atoms with Crippen molar-refractivity contribution in [1.29, 1.82) is 0 Å². The molecule has 4 rings (SSSR count). The highest BCUT2D eigenvalue weighted by Gasteiger charge is 2.30. The molecular formula is C20H14BrN5O5S2. The zero-order chi connectivity index (χ0) is 23.4. The Morgan fingerprint density at radius 2 is 2.00 bits per heavy atom. The smallest absolute Gasteiger partial charge is 0.307 e. The molecule has 33 heavy (non-hydrogen) atoms. The molecule has 168 valence electrons. The fourth-order valence-electron chi connectivity index (χ4n) is 2.67. The van der Waals surface area contributed by atoms with Gasteiger partial charge in [0.15, 0.2) is 0 Å². The first-order chi connectivity index (χ1) is 15.9. The van der Waals surface area contributed by atoms with E-state index in [9.17, 15) is 19.5 Å².